The van der Waals surface area contributed by atoms with Gasteiger partial charge in [-0.25, -0.2) is 4.79 Å². The molecule has 1 amide bonds. The maximum Gasteiger partial charge on any atom is 0.326 e. The molecule has 3 unspecified atom stereocenters. The van der Waals surface area contributed by atoms with E-state index in [0.717, 1.165) is 19.3 Å². The summed E-state index contributed by atoms with van der Waals surface area (Å²) in [5, 5.41) is 23.7. The molecular formula is C14H24N2O4. The third-order valence-electron chi connectivity index (χ3n) is 4.50. The maximum atomic E-state index is 12.1. The van der Waals surface area contributed by atoms with Crippen molar-refractivity contribution in [1.29, 1.82) is 0 Å². The van der Waals surface area contributed by atoms with Gasteiger partial charge in [0, 0.05) is 19.1 Å². The summed E-state index contributed by atoms with van der Waals surface area (Å²) in [5.74, 6) is -0.686. The lowest BCUT2D eigenvalue weighted by molar-refractivity contribution is -0.142. The third kappa shape index (κ3) is 3.70. The highest BCUT2D eigenvalue weighted by atomic mass is 16.4. The molecule has 1 aliphatic carbocycles. The topological polar surface area (TPSA) is 98.7 Å². The van der Waals surface area contributed by atoms with E-state index in [4.69, 9.17) is 10.2 Å². The van der Waals surface area contributed by atoms with Crippen LogP contribution in [-0.2, 0) is 9.59 Å². The lowest BCUT2D eigenvalue weighted by atomic mass is 9.77. The van der Waals surface area contributed by atoms with E-state index in [0.29, 0.717) is 12.0 Å². The van der Waals surface area contributed by atoms with Crippen molar-refractivity contribution in [2.75, 3.05) is 6.61 Å². The standard InChI is InChI=1S/C14H24N2O4/c17-8-7-12(14(19)20)16-13(18)11-6-5-9-3-1-2-4-10(9)15-11/h9-12,15,17H,1-8H2,(H,16,18)(H,19,20)/t9?,10?,11?,12-/m1/s1. The van der Waals surface area contributed by atoms with Crippen LogP contribution in [0.4, 0.5) is 0 Å². The first-order valence-electron chi connectivity index (χ1n) is 7.52. The number of carbonyl (C=O) groups excluding carboxylic acids is 1. The van der Waals surface area contributed by atoms with Crippen LogP contribution < -0.4 is 10.6 Å². The van der Waals surface area contributed by atoms with Crippen molar-refractivity contribution in [2.24, 2.45) is 5.92 Å². The van der Waals surface area contributed by atoms with Crippen LogP contribution in [0.2, 0.25) is 0 Å². The molecule has 0 radical (unpaired) electrons. The predicted molar refractivity (Wildman–Crippen MR) is 73.2 cm³/mol. The van der Waals surface area contributed by atoms with Gasteiger partial charge in [-0.3, -0.25) is 4.79 Å². The summed E-state index contributed by atoms with van der Waals surface area (Å²) in [4.78, 5) is 23.1. The van der Waals surface area contributed by atoms with Gasteiger partial charge in [0.15, 0.2) is 0 Å². The molecule has 2 fully saturated rings. The van der Waals surface area contributed by atoms with Crippen molar-refractivity contribution in [2.45, 2.75) is 63.1 Å². The Balaban J connectivity index is 1.87. The van der Waals surface area contributed by atoms with Crippen LogP contribution in [0.1, 0.15) is 44.9 Å². The lowest BCUT2D eigenvalue weighted by Gasteiger charge is -2.40. The van der Waals surface area contributed by atoms with Crippen LogP contribution in [-0.4, -0.2) is 46.8 Å². The number of hydrogen-bond donors (Lipinski definition) is 4. The molecule has 2 aliphatic rings. The number of aliphatic hydroxyl groups is 1. The number of rotatable bonds is 5. The summed E-state index contributed by atoms with van der Waals surface area (Å²) >= 11 is 0. The molecule has 4 N–H and O–H groups in total. The van der Waals surface area contributed by atoms with Crippen LogP contribution in [0.25, 0.3) is 0 Å². The van der Waals surface area contributed by atoms with Crippen LogP contribution >= 0.6 is 0 Å². The van der Waals surface area contributed by atoms with E-state index < -0.39 is 12.0 Å². The molecule has 0 spiro atoms. The Morgan fingerprint density at radius 3 is 2.65 bits per heavy atom. The van der Waals surface area contributed by atoms with Crippen molar-refractivity contribution in [1.82, 2.24) is 10.6 Å². The number of fused-ring (bicyclic) bond motifs is 1. The number of aliphatic carboxylic acids is 1. The average Bonchev–Trinajstić information content (AvgIpc) is 2.46. The van der Waals surface area contributed by atoms with Gasteiger partial charge in [-0.15, -0.1) is 0 Å². The zero-order chi connectivity index (χ0) is 14.5. The van der Waals surface area contributed by atoms with E-state index in [2.05, 4.69) is 10.6 Å². The van der Waals surface area contributed by atoms with Crippen molar-refractivity contribution < 1.29 is 19.8 Å². The summed E-state index contributed by atoms with van der Waals surface area (Å²) < 4.78 is 0. The van der Waals surface area contributed by atoms with E-state index >= 15 is 0 Å². The summed E-state index contributed by atoms with van der Waals surface area (Å²) in [6, 6.07) is -0.900. The summed E-state index contributed by atoms with van der Waals surface area (Å²) in [7, 11) is 0. The van der Waals surface area contributed by atoms with Crippen molar-refractivity contribution in [3.8, 4) is 0 Å². The summed E-state index contributed by atoms with van der Waals surface area (Å²) in [6.07, 6.45) is 6.65. The number of carbonyl (C=O) groups is 2. The monoisotopic (exact) mass is 284 g/mol. The zero-order valence-electron chi connectivity index (χ0n) is 11.7. The second kappa shape index (κ2) is 7.04. The molecule has 2 rings (SSSR count). The van der Waals surface area contributed by atoms with Gasteiger partial charge in [0.2, 0.25) is 5.91 Å². The second-order valence-corrected chi connectivity index (χ2v) is 5.86. The fourth-order valence-corrected chi connectivity index (χ4v) is 3.36. The third-order valence-corrected chi connectivity index (χ3v) is 4.50. The fraction of sp³-hybridized carbons (Fsp3) is 0.857. The molecule has 0 bridgehead atoms. The molecule has 1 saturated carbocycles. The van der Waals surface area contributed by atoms with Crippen molar-refractivity contribution >= 4 is 11.9 Å². The van der Waals surface area contributed by atoms with Crippen molar-refractivity contribution in [3.63, 3.8) is 0 Å². The minimum absolute atomic E-state index is 0.0415. The Labute approximate surface area is 118 Å². The molecule has 0 aromatic carbocycles. The van der Waals surface area contributed by atoms with Gasteiger partial charge in [0.05, 0.1) is 6.04 Å². The number of piperidine rings is 1. The van der Waals surface area contributed by atoms with E-state index in [1.54, 1.807) is 0 Å². The molecule has 1 heterocycles. The van der Waals surface area contributed by atoms with Gasteiger partial charge < -0.3 is 20.8 Å². The first-order valence-corrected chi connectivity index (χ1v) is 7.52. The number of amides is 1. The van der Waals surface area contributed by atoms with Crippen LogP contribution in [0, 0.1) is 5.92 Å². The molecule has 6 nitrogen and oxygen atoms in total. The Kier molecular flexibility index (Phi) is 5.37. The number of aliphatic hydroxyl groups excluding tert-OH is 1. The molecule has 6 heteroatoms. The van der Waals surface area contributed by atoms with Crippen molar-refractivity contribution in [3.05, 3.63) is 0 Å². The highest BCUT2D eigenvalue weighted by molar-refractivity contribution is 5.87. The molecule has 4 atom stereocenters. The summed E-state index contributed by atoms with van der Waals surface area (Å²) in [6.45, 7) is -0.250. The van der Waals surface area contributed by atoms with Gasteiger partial charge in [0.1, 0.15) is 6.04 Å². The molecule has 20 heavy (non-hydrogen) atoms. The van der Waals surface area contributed by atoms with Gasteiger partial charge in [-0.1, -0.05) is 12.8 Å². The highest BCUT2D eigenvalue weighted by Crippen LogP contribution is 2.32. The number of nitrogens with one attached hydrogen (secondary N) is 2. The van der Waals surface area contributed by atoms with Gasteiger partial charge >= 0.3 is 5.97 Å². The first kappa shape index (κ1) is 15.3. The number of carboxylic acids is 1. The molecular weight excluding hydrogens is 260 g/mol. The minimum Gasteiger partial charge on any atom is -0.480 e. The number of carboxylic acid groups (broad SMARTS) is 1. The Hall–Kier alpha value is -1.14. The zero-order valence-corrected chi connectivity index (χ0v) is 11.7. The SMILES string of the molecule is O=C(N[C@H](CCO)C(=O)O)C1CCC2CCCCC2N1. The van der Waals surface area contributed by atoms with E-state index in [1.807, 2.05) is 0 Å². The van der Waals surface area contributed by atoms with Crippen LogP contribution in [0.3, 0.4) is 0 Å². The van der Waals surface area contributed by atoms with Gasteiger partial charge in [0.25, 0.3) is 0 Å². The van der Waals surface area contributed by atoms with Crippen LogP contribution in [0.15, 0.2) is 0 Å². The van der Waals surface area contributed by atoms with E-state index in [9.17, 15) is 9.59 Å². The molecule has 0 aromatic heterocycles. The second-order valence-electron chi connectivity index (χ2n) is 5.86. The van der Waals surface area contributed by atoms with Crippen LogP contribution in [0.5, 0.6) is 0 Å². The smallest absolute Gasteiger partial charge is 0.326 e. The fourth-order valence-electron chi connectivity index (χ4n) is 3.36. The molecule has 1 saturated heterocycles. The van der Waals surface area contributed by atoms with E-state index in [-0.39, 0.29) is 25.0 Å². The largest absolute Gasteiger partial charge is 0.480 e. The average molecular weight is 284 g/mol. The van der Waals surface area contributed by atoms with Gasteiger partial charge in [-0.05, 0) is 31.6 Å². The summed E-state index contributed by atoms with van der Waals surface area (Å²) in [5.41, 5.74) is 0. The molecule has 0 aromatic rings. The first-order chi connectivity index (χ1) is 9.61. The lowest BCUT2D eigenvalue weighted by Crippen LogP contribution is -2.57. The molecule has 1 aliphatic heterocycles. The Morgan fingerprint density at radius 1 is 1.20 bits per heavy atom. The predicted octanol–water partition coefficient (Wildman–Crippen LogP) is 0.249. The Morgan fingerprint density at radius 2 is 1.95 bits per heavy atom. The molecule has 114 valence electrons. The maximum absolute atomic E-state index is 12.1. The quantitative estimate of drug-likeness (QED) is 0.580. The normalized spacial score (nSPS) is 31.1. The van der Waals surface area contributed by atoms with Gasteiger partial charge in [-0.2, -0.15) is 0 Å². The van der Waals surface area contributed by atoms with E-state index in [1.165, 1.54) is 19.3 Å². The number of hydrogen-bond acceptors (Lipinski definition) is 4. The minimum atomic E-state index is -1.10. The Bertz CT molecular complexity index is 361. The highest BCUT2D eigenvalue weighted by Gasteiger charge is 2.35.